The summed E-state index contributed by atoms with van der Waals surface area (Å²) in [5.74, 6) is 0.986. The Labute approximate surface area is 174 Å². The van der Waals surface area contributed by atoms with Gasteiger partial charge in [0, 0.05) is 9.61 Å². The molecule has 0 saturated heterocycles. The zero-order valence-electron chi connectivity index (χ0n) is 14.8. The molecular weight excluding hydrogens is 473 g/mol. The van der Waals surface area contributed by atoms with E-state index in [1.807, 2.05) is 22.8 Å². The third kappa shape index (κ3) is 3.93. The lowest BCUT2D eigenvalue weighted by Crippen LogP contribution is -2.06. The topological polar surface area (TPSA) is 116 Å². The predicted octanol–water partition coefficient (Wildman–Crippen LogP) is 3.26. The largest absolute Gasteiger partial charge is 0.493 e. The number of carboxylic acids is 1. The Morgan fingerprint density at radius 3 is 3.00 bits per heavy atom. The molecule has 1 aromatic carbocycles. The van der Waals surface area contributed by atoms with Gasteiger partial charge in [0.05, 0.1) is 6.61 Å². The molecule has 0 bridgehead atoms. The van der Waals surface area contributed by atoms with Crippen molar-refractivity contribution in [2.24, 2.45) is 5.92 Å². The molecular formula is C19H18IN5O3. The van der Waals surface area contributed by atoms with Gasteiger partial charge in [-0.2, -0.15) is 0 Å². The van der Waals surface area contributed by atoms with Gasteiger partial charge >= 0.3 is 5.97 Å². The van der Waals surface area contributed by atoms with Crippen molar-refractivity contribution in [3.05, 3.63) is 51.9 Å². The van der Waals surface area contributed by atoms with Crippen molar-refractivity contribution in [2.75, 3.05) is 12.3 Å². The van der Waals surface area contributed by atoms with E-state index in [9.17, 15) is 9.90 Å². The summed E-state index contributed by atoms with van der Waals surface area (Å²) in [6, 6.07) is 10.9. The SMILES string of the molecule is Nc1cccc(-c2nncn2C2C[C@H]2CCOc2ccc(I)cc2C(=O)O)n1. The van der Waals surface area contributed by atoms with Crippen LogP contribution in [0.3, 0.4) is 0 Å². The summed E-state index contributed by atoms with van der Waals surface area (Å²) in [5, 5.41) is 17.5. The minimum atomic E-state index is -0.985. The quantitative estimate of drug-likeness (QED) is 0.488. The molecule has 1 saturated carbocycles. The van der Waals surface area contributed by atoms with Gasteiger partial charge in [0.15, 0.2) is 5.82 Å². The number of carbonyl (C=O) groups is 1. The molecule has 1 unspecified atom stereocenters. The number of nitrogens with zero attached hydrogens (tertiary/aromatic N) is 4. The molecule has 0 spiro atoms. The number of aromatic carboxylic acids is 1. The Bertz CT molecular complexity index is 1020. The van der Waals surface area contributed by atoms with Gasteiger partial charge in [-0.1, -0.05) is 6.07 Å². The maximum Gasteiger partial charge on any atom is 0.339 e. The first-order valence-corrected chi connectivity index (χ1v) is 9.89. The van der Waals surface area contributed by atoms with Crippen LogP contribution in [0.25, 0.3) is 11.5 Å². The van der Waals surface area contributed by atoms with E-state index >= 15 is 0 Å². The van der Waals surface area contributed by atoms with Gasteiger partial charge in [0.1, 0.15) is 29.2 Å². The molecule has 3 aromatic rings. The molecule has 3 N–H and O–H groups in total. The van der Waals surface area contributed by atoms with Gasteiger partial charge in [0.2, 0.25) is 0 Å². The third-order valence-corrected chi connectivity index (χ3v) is 5.40. The first-order chi connectivity index (χ1) is 13.5. The van der Waals surface area contributed by atoms with Gasteiger partial charge in [-0.05, 0) is 71.7 Å². The molecule has 144 valence electrons. The van der Waals surface area contributed by atoms with Crippen LogP contribution in [0.15, 0.2) is 42.7 Å². The Kier molecular flexibility index (Phi) is 5.16. The fourth-order valence-corrected chi connectivity index (χ4v) is 3.73. The molecule has 2 heterocycles. The smallest absolute Gasteiger partial charge is 0.339 e. The van der Waals surface area contributed by atoms with E-state index in [1.54, 1.807) is 24.5 Å². The average Bonchev–Trinajstić information content (AvgIpc) is 3.26. The average molecular weight is 491 g/mol. The number of hydrogen-bond donors (Lipinski definition) is 2. The minimum Gasteiger partial charge on any atom is -0.493 e. The number of nitrogens with two attached hydrogens (primary N) is 1. The van der Waals surface area contributed by atoms with Crippen LogP contribution in [-0.4, -0.2) is 37.4 Å². The lowest BCUT2D eigenvalue weighted by molar-refractivity contribution is 0.0692. The number of halogens is 1. The second kappa shape index (κ2) is 7.74. The highest BCUT2D eigenvalue weighted by Crippen LogP contribution is 2.47. The highest BCUT2D eigenvalue weighted by Gasteiger charge is 2.40. The summed E-state index contributed by atoms with van der Waals surface area (Å²) in [6.45, 7) is 0.454. The van der Waals surface area contributed by atoms with Crippen molar-refractivity contribution >= 4 is 34.4 Å². The van der Waals surface area contributed by atoms with E-state index in [0.717, 1.165) is 16.4 Å². The summed E-state index contributed by atoms with van der Waals surface area (Å²) in [5.41, 5.74) is 6.66. The molecule has 0 aliphatic heterocycles. The van der Waals surface area contributed by atoms with E-state index in [-0.39, 0.29) is 11.6 Å². The first-order valence-electron chi connectivity index (χ1n) is 8.81. The van der Waals surface area contributed by atoms with Gasteiger partial charge in [-0.3, -0.25) is 0 Å². The van der Waals surface area contributed by atoms with Crippen molar-refractivity contribution in [1.29, 1.82) is 0 Å². The van der Waals surface area contributed by atoms with Crippen LogP contribution in [-0.2, 0) is 0 Å². The predicted molar refractivity (Wildman–Crippen MR) is 111 cm³/mol. The monoisotopic (exact) mass is 491 g/mol. The summed E-state index contributed by atoms with van der Waals surface area (Å²) in [6.07, 6.45) is 3.53. The number of aromatic nitrogens is 4. The number of anilines is 1. The Morgan fingerprint density at radius 1 is 1.36 bits per heavy atom. The number of benzene rings is 1. The Hall–Kier alpha value is -2.69. The Morgan fingerprint density at radius 2 is 2.21 bits per heavy atom. The number of carboxylic acid groups (broad SMARTS) is 1. The molecule has 2 aromatic heterocycles. The van der Waals surface area contributed by atoms with Crippen LogP contribution in [0, 0.1) is 9.49 Å². The number of rotatable bonds is 7. The van der Waals surface area contributed by atoms with E-state index < -0.39 is 5.97 Å². The Balaban J connectivity index is 1.38. The van der Waals surface area contributed by atoms with Crippen LogP contribution >= 0.6 is 22.6 Å². The lowest BCUT2D eigenvalue weighted by Gasteiger charge is -2.10. The van der Waals surface area contributed by atoms with Crippen LogP contribution in [0.4, 0.5) is 5.82 Å². The second-order valence-electron chi connectivity index (χ2n) is 6.66. The fraction of sp³-hybridized carbons (Fsp3) is 0.263. The van der Waals surface area contributed by atoms with E-state index in [2.05, 4.69) is 37.8 Å². The number of nitrogen functional groups attached to an aromatic ring is 1. The van der Waals surface area contributed by atoms with Crippen LogP contribution < -0.4 is 10.5 Å². The van der Waals surface area contributed by atoms with Gasteiger partial charge in [-0.25, -0.2) is 9.78 Å². The van der Waals surface area contributed by atoms with Crippen molar-refractivity contribution in [1.82, 2.24) is 19.7 Å². The lowest BCUT2D eigenvalue weighted by atomic mass is 10.2. The van der Waals surface area contributed by atoms with E-state index in [0.29, 0.717) is 35.6 Å². The number of ether oxygens (including phenoxy) is 1. The molecule has 1 fully saturated rings. The zero-order valence-corrected chi connectivity index (χ0v) is 17.0. The minimum absolute atomic E-state index is 0.188. The van der Waals surface area contributed by atoms with Crippen LogP contribution in [0.1, 0.15) is 29.2 Å². The molecule has 1 aliphatic carbocycles. The fourth-order valence-electron chi connectivity index (χ4n) is 3.24. The van der Waals surface area contributed by atoms with E-state index in [1.165, 1.54) is 0 Å². The van der Waals surface area contributed by atoms with Gasteiger partial charge in [-0.15, -0.1) is 10.2 Å². The number of pyridine rings is 1. The second-order valence-corrected chi connectivity index (χ2v) is 7.90. The maximum absolute atomic E-state index is 11.4. The summed E-state index contributed by atoms with van der Waals surface area (Å²) >= 11 is 2.09. The molecule has 2 atom stereocenters. The maximum atomic E-state index is 11.4. The van der Waals surface area contributed by atoms with Crippen molar-refractivity contribution in [2.45, 2.75) is 18.9 Å². The highest BCUT2D eigenvalue weighted by molar-refractivity contribution is 14.1. The van der Waals surface area contributed by atoms with Crippen molar-refractivity contribution < 1.29 is 14.6 Å². The molecule has 0 amide bonds. The summed E-state index contributed by atoms with van der Waals surface area (Å²) in [7, 11) is 0. The molecule has 28 heavy (non-hydrogen) atoms. The third-order valence-electron chi connectivity index (χ3n) is 4.73. The van der Waals surface area contributed by atoms with Gasteiger partial charge < -0.3 is 20.1 Å². The van der Waals surface area contributed by atoms with Gasteiger partial charge in [0.25, 0.3) is 0 Å². The molecule has 4 rings (SSSR count). The molecule has 8 nitrogen and oxygen atoms in total. The summed E-state index contributed by atoms with van der Waals surface area (Å²) < 4.78 is 8.64. The normalized spacial score (nSPS) is 18.0. The molecule has 0 radical (unpaired) electrons. The highest BCUT2D eigenvalue weighted by atomic mass is 127. The van der Waals surface area contributed by atoms with Crippen LogP contribution in [0.5, 0.6) is 5.75 Å². The van der Waals surface area contributed by atoms with Crippen molar-refractivity contribution in [3.63, 3.8) is 0 Å². The van der Waals surface area contributed by atoms with E-state index in [4.69, 9.17) is 10.5 Å². The van der Waals surface area contributed by atoms with Crippen LogP contribution in [0.2, 0.25) is 0 Å². The number of hydrogen-bond acceptors (Lipinski definition) is 6. The molecule has 9 heteroatoms. The zero-order chi connectivity index (χ0) is 19.7. The first kappa shape index (κ1) is 18.7. The molecule has 1 aliphatic rings. The summed E-state index contributed by atoms with van der Waals surface area (Å²) in [4.78, 5) is 15.7. The van der Waals surface area contributed by atoms with Crippen molar-refractivity contribution in [3.8, 4) is 17.3 Å². The standard InChI is InChI=1S/C19H18IN5O3/c20-12-4-5-16(13(9-12)19(26)27)28-7-6-11-8-15(11)25-10-22-24-18(25)14-2-1-3-17(21)23-14/h1-5,9-11,15H,6-8H2,(H2,21,23)(H,26,27)/t11-,15?/m1/s1.